The molecule has 1 aliphatic rings. The molecule has 0 fully saturated rings. The van der Waals surface area contributed by atoms with Crippen LogP contribution < -0.4 is 4.74 Å². The third-order valence-electron chi connectivity index (χ3n) is 6.55. The standard InChI is InChI=1S/C29H22N8O2/c1-19-24-25(21-11-8-14-30-16-21)26-27-33-23(17-38-32-15-20-9-4-2-5-10-20)35-36(27)18-31-28(26)39-29(24)37(34-19)22-12-6-3-7-13-22/h2-16,18,25H,17H2,1H3/b32-15-/t25-/m0/s1. The van der Waals surface area contributed by atoms with E-state index in [1.54, 1.807) is 23.3 Å². The van der Waals surface area contributed by atoms with Crippen LogP contribution in [-0.4, -0.2) is 40.6 Å². The molecular weight excluding hydrogens is 492 g/mol. The molecule has 5 heterocycles. The third kappa shape index (κ3) is 4.08. The molecule has 0 N–H and O–H groups in total. The molecule has 0 aliphatic carbocycles. The molecule has 2 aromatic carbocycles. The highest BCUT2D eigenvalue weighted by atomic mass is 16.6. The van der Waals surface area contributed by atoms with Crippen molar-refractivity contribution in [3.63, 3.8) is 0 Å². The molecule has 7 rings (SSSR count). The van der Waals surface area contributed by atoms with Gasteiger partial charge in [0.1, 0.15) is 6.33 Å². The van der Waals surface area contributed by atoms with Crippen molar-refractivity contribution in [2.75, 3.05) is 0 Å². The Balaban J connectivity index is 1.31. The van der Waals surface area contributed by atoms with E-state index in [1.807, 2.05) is 90.6 Å². The van der Waals surface area contributed by atoms with Crippen molar-refractivity contribution in [3.05, 3.63) is 125 Å². The van der Waals surface area contributed by atoms with Crippen molar-refractivity contribution in [3.8, 4) is 17.4 Å². The number of nitrogens with zero attached hydrogens (tertiary/aromatic N) is 8. The number of para-hydroxylation sites is 1. The van der Waals surface area contributed by atoms with Gasteiger partial charge in [0, 0.05) is 12.4 Å². The van der Waals surface area contributed by atoms with Crippen LogP contribution in [0.1, 0.15) is 39.7 Å². The highest BCUT2D eigenvalue weighted by molar-refractivity contribution is 5.78. The summed E-state index contributed by atoms with van der Waals surface area (Å²) < 4.78 is 9.90. The van der Waals surface area contributed by atoms with Crippen LogP contribution in [0.2, 0.25) is 0 Å². The van der Waals surface area contributed by atoms with E-state index in [0.717, 1.165) is 33.6 Å². The lowest BCUT2D eigenvalue weighted by Gasteiger charge is -2.26. The number of aromatic nitrogens is 7. The number of hydrogen-bond acceptors (Lipinski definition) is 8. The molecule has 1 atom stereocenters. The number of oxime groups is 1. The van der Waals surface area contributed by atoms with Crippen LogP contribution in [0.3, 0.4) is 0 Å². The predicted molar refractivity (Wildman–Crippen MR) is 143 cm³/mol. The van der Waals surface area contributed by atoms with Gasteiger partial charge < -0.3 is 9.57 Å². The van der Waals surface area contributed by atoms with E-state index in [0.29, 0.717) is 23.2 Å². The number of hydrogen-bond donors (Lipinski definition) is 0. The Labute approximate surface area is 223 Å². The van der Waals surface area contributed by atoms with Gasteiger partial charge >= 0.3 is 0 Å². The first-order chi connectivity index (χ1) is 19.3. The maximum atomic E-state index is 6.43. The minimum absolute atomic E-state index is 0.106. The number of pyridine rings is 1. The summed E-state index contributed by atoms with van der Waals surface area (Å²) in [6.07, 6.45) is 6.86. The number of ether oxygens (including phenoxy) is 1. The smallest absolute Gasteiger partial charge is 0.230 e. The molecule has 0 amide bonds. The topological polar surface area (TPSA) is 105 Å². The first-order valence-electron chi connectivity index (χ1n) is 12.4. The van der Waals surface area contributed by atoms with Crippen molar-refractivity contribution >= 4 is 11.9 Å². The van der Waals surface area contributed by atoms with E-state index in [1.165, 1.54) is 0 Å². The third-order valence-corrected chi connectivity index (χ3v) is 6.55. The first-order valence-corrected chi connectivity index (χ1v) is 12.4. The summed E-state index contributed by atoms with van der Waals surface area (Å²) in [6.45, 7) is 2.09. The molecule has 0 unspecified atom stereocenters. The van der Waals surface area contributed by atoms with E-state index in [-0.39, 0.29) is 12.5 Å². The van der Waals surface area contributed by atoms with Crippen LogP contribution in [0.25, 0.3) is 11.3 Å². The van der Waals surface area contributed by atoms with Crippen molar-refractivity contribution in [2.45, 2.75) is 19.4 Å². The fraction of sp³-hybridized carbons (Fsp3) is 0.103. The largest absolute Gasteiger partial charge is 0.420 e. The quantitative estimate of drug-likeness (QED) is 0.231. The molecule has 1 aliphatic heterocycles. The van der Waals surface area contributed by atoms with E-state index < -0.39 is 0 Å². The lowest BCUT2D eigenvalue weighted by molar-refractivity contribution is 0.126. The van der Waals surface area contributed by atoms with Crippen molar-refractivity contribution in [1.29, 1.82) is 0 Å². The fourth-order valence-corrected chi connectivity index (χ4v) is 4.84. The average Bonchev–Trinajstić information content (AvgIpc) is 3.56. The summed E-state index contributed by atoms with van der Waals surface area (Å²) in [5.74, 6) is 1.28. The van der Waals surface area contributed by atoms with Gasteiger partial charge in [0.05, 0.1) is 34.6 Å². The first kappa shape index (κ1) is 22.8. The maximum absolute atomic E-state index is 6.43. The van der Waals surface area contributed by atoms with Gasteiger partial charge in [-0.25, -0.2) is 19.2 Å². The molecule has 190 valence electrons. The zero-order chi connectivity index (χ0) is 26.2. The Morgan fingerprint density at radius 2 is 1.79 bits per heavy atom. The van der Waals surface area contributed by atoms with Gasteiger partial charge in [0.2, 0.25) is 11.8 Å². The Morgan fingerprint density at radius 3 is 2.59 bits per heavy atom. The maximum Gasteiger partial charge on any atom is 0.230 e. The monoisotopic (exact) mass is 514 g/mol. The van der Waals surface area contributed by atoms with Crippen molar-refractivity contribution in [2.24, 2.45) is 5.16 Å². The number of fused-ring (bicyclic) bond motifs is 4. The Hall–Kier alpha value is -5.38. The molecule has 10 nitrogen and oxygen atoms in total. The van der Waals surface area contributed by atoms with E-state index in [9.17, 15) is 0 Å². The van der Waals surface area contributed by atoms with Crippen LogP contribution in [0.4, 0.5) is 0 Å². The van der Waals surface area contributed by atoms with Gasteiger partial charge in [0.15, 0.2) is 18.1 Å². The molecule has 0 bridgehead atoms. The highest BCUT2D eigenvalue weighted by Gasteiger charge is 2.38. The molecule has 39 heavy (non-hydrogen) atoms. The molecule has 6 aromatic rings. The fourth-order valence-electron chi connectivity index (χ4n) is 4.84. The van der Waals surface area contributed by atoms with E-state index in [2.05, 4.69) is 20.2 Å². The zero-order valence-corrected chi connectivity index (χ0v) is 20.9. The van der Waals surface area contributed by atoms with Gasteiger partial charge in [-0.2, -0.15) is 5.10 Å². The second-order valence-corrected chi connectivity index (χ2v) is 9.05. The Bertz CT molecular complexity index is 1800. The molecular formula is C29H22N8O2. The van der Waals surface area contributed by atoms with Crippen LogP contribution in [0.5, 0.6) is 11.8 Å². The van der Waals surface area contributed by atoms with Gasteiger partial charge in [0.25, 0.3) is 0 Å². The predicted octanol–water partition coefficient (Wildman–Crippen LogP) is 4.85. The summed E-state index contributed by atoms with van der Waals surface area (Å²) in [5, 5.41) is 13.5. The number of rotatable bonds is 6. The highest BCUT2D eigenvalue weighted by Crippen LogP contribution is 2.49. The van der Waals surface area contributed by atoms with Crippen LogP contribution in [0, 0.1) is 6.92 Å². The second kappa shape index (κ2) is 9.49. The summed E-state index contributed by atoms with van der Waals surface area (Å²) in [4.78, 5) is 19.3. The van der Waals surface area contributed by atoms with Gasteiger partial charge in [-0.3, -0.25) is 4.98 Å². The minimum atomic E-state index is -0.264. The van der Waals surface area contributed by atoms with Crippen LogP contribution in [-0.2, 0) is 11.4 Å². The zero-order valence-electron chi connectivity index (χ0n) is 20.9. The van der Waals surface area contributed by atoms with Gasteiger partial charge in [-0.15, -0.1) is 5.10 Å². The normalized spacial score (nSPS) is 14.2. The van der Waals surface area contributed by atoms with Crippen LogP contribution >= 0.6 is 0 Å². The van der Waals surface area contributed by atoms with Crippen molar-refractivity contribution in [1.82, 2.24) is 34.3 Å². The van der Waals surface area contributed by atoms with Gasteiger partial charge in [-0.05, 0) is 36.2 Å². The lowest BCUT2D eigenvalue weighted by Crippen LogP contribution is -2.16. The van der Waals surface area contributed by atoms with E-state index >= 15 is 0 Å². The Morgan fingerprint density at radius 1 is 0.974 bits per heavy atom. The number of aryl methyl sites for hydroxylation is 1. The minimum Gasteiger partial charge on any atom is -0.420 e. The second-order valence-electron chi connectivity index (χ2n) is 9.05. The molecule has 0 saturated heterocycles. The molecule has 10 heteroatoms. The number of benzene rings is 2. The summed E-state index contributed by atoms with van der Waals surface area (Å²) in [5.41, 5.74) is 6.00. The summed E-state index contributed by atoms with van der Waals surface area (Å²) >= 11 is 0. The molecule has 0 radical (unpaired) electrons. The molecule has 4 aromatic heterocycles. The van der Waals surface area contributed by atoms with E-state index in [4.69, 9.17) is 19.7 Å². The summed E-state index contributed by atoms with van der Waals surface area (Å²) in [7, 11) is 0. The molecule has 0 saturated carbocycles. The van der Waals surface area contributed by atoms with Gasteiger partial charge in [-0.1, -0.05) is 59.8 Å². The van der Waals surface area contributed by atoms with Crippen LogP contribution in [0.15, 0.2) is 96.7 Å². The lowest BCUT2D eigenvalue weighted by atomic mass is 9.85. The summed E-state index contributed by atoms with van der Waals surface area (Å²) in [6, 6.07) is 23.6. The average molecular weight is 515 g/mol. The SMILES string of the molecule is Cc1nn(-c2ccccc2)c2c1[C@H](c1cccnc1)c1c(ncn3nc(CO/N=C\c4ccccc4)nc13)O2. The van der Waals surface area contributed by atoms with Crippen molar-refractivity contribution < 1.29 is 9.57 Å². The molecule has 0 spiro atoms. The Kier molecular flexibility index (Phi) is 5.55.